The van der Waals surface area contributed by atoms with Gasteiger partial charge in [0.1, 0.15) is 0 Å². The summed E-state index contributed by atoms with van der Waals surface area (Å²) < 4.78 is 23.6. The molecule has 84 valence electrons. The van der Waals surface area contributed by atoms with Crippen LogP contribution in [0.4, 0.5) is 10.5 Å². The van der Waals surface area contributed by atoms with Crippen molar-refractivity contribution in [3.05, 3.63) is 30.3 Å². The summed E-state index contributed by atoms with van der Waals surface area (Å²) in [7, 11) is -3.88. The Kier molecular flexibility index (Phi) is 4.07. The lowest BCUT2D eigenvalue weighted by atomic mass is 10.1. The van der Waals surface area contributed by atoms with E-state index in [0.717, 1.165) is 0 Å². The van der Waals surface area contributed by atoms with E-state index < -0.39 is 22.2 Å². The van der Waals surface area contributed by atoms with Crippen LogP contribution in [0.3, 0.4) is 0 Å². The van der Waals surface area contributed by atoms with E-state index in [0.29, 0.717) is 5.69 Å². The molecule has 0 atom stereocenters. The largest absolute Gasteiger partial charge is 0.405 e. The molecule has 0 spiro atoms. The van der Waals surface area contributed by atoms with Crippen LogP contribution in [0.1, 0.15) is 0 Å². The molecule has 0 aliphatic rings. The number of hydrogen-bond donors (Lipinski definition) is 2. The van der Waals surface area contributed by atoms with Crippen LogP contribution in [-0.2, 0) is 14.7 Å². The van der Waals surface area contributed by atoms with Gasteiger partial charge in [0.2, 0.25) is 6.41 Å². The van der Waals surface area contributed by atoms with Crippen LogP contribution in [0.25, 0.3) is 0 Å². The molecule has 2 N–H and O–H groups in total. The van der Waals surface area contributed by atoms with Crippen molar-refractivity contribution in [1.29, 1.82) is 0 Å². The molecule has 0 heterocycles. The van der Waals surface area contributed by atoms with Gasteiger partial charge in [0.25, 0.3) is 0 Å². The second-order valence-electron chi connectivity index (χ2n) is 2.91. The third-order valence-corrected chi connectivity index (χ3v) is 2.70. The van der Waals surface area contributed by atoms with Gasteiger partial charge in [-0.25, -0.2) is 8.42 Å². The molecule has 16 heavy (non-hydrogen) atoms. The smallest absolute Gasteiger partial charge is 0.334 e. The molecular weight excluding hydrogens is 231 g/mol. The first-order valence-electron chi connectivity index (χ1n) is 4.32. The van der Waals surface area contributed by atoms with Crippen molar-refractivity contribution >= 4 is 34.3 Å². The van der Waals surface area contributed by atoms with Crippen molar-refractivity contribution in [1.82, 2.24) is 4.72 Å². The van der Waals surface area contributed by atoms with E-state index in [-0.39, 0.29) is 6.41 Å². The first kappa shape index (κ1) is 12.2. The Morgan fingerprint density at radius 1 is 1.25 bits per heavy atom. The van der Waals surface area contributed by atoms with Crippen LogP contribution in [0, 0.1) is 0 Å². The molecule has 0 aliphatic carbocycles. The van der Waals surface area contributed by atoms with Gasteiger partial charge in [-0.3, -0.25) is 14.3 Å². The van der Waals surface area contributed by atoms with Gasteiger partial charge in [-0.05, 0) is 12.1 Å². The van der Waals surface area contributed by atoms with Crippen molar-refractivity contribution in [3.63, 3.8) is 0 Å². The van der Waals surface area contributed by atoms with E-state index in [1.54, 1.807) is 35.1 Å². The Balaban J connectivity index is 2.58. The van der Waals surface area contributed by atoms with Crippen LogP contribution in [0.2, 0.25) is 0 Å². The van der Waals surface area contributed by atoms with E-state index in [4.69, 9.17) is 0 Å². The lowest BCUT2D eigenvalue weighted by Crippen LogP contribution is -2.34. The van der Waals surface area contributed by atoms with Crippen LogP contribution >= 0.6 is 0 Å². The molecule has 0 aliphatic heterocycles. The second kappa shape index (κ2) is 5.31. The minimum Gasteiger partial charge on any atom is -0.334 e. The highest BCUT2D eigenvalue weighted by Crippen LogP contribution is 2.04. The maximum atomic E-state index is 11.3. The minimum atomic E-state index is -3.88. The maximum Gasteiger partial charge on any atom is 0.405 e. The zero-order chi connectivity index (χ0) is 12.0. The summed E-state index contributed by atoms with van der Waals surface area (Å²) in [6.07, 6.45) is 0.0190. The minimum absolute atomic E-state index is 0.0190. The molecule has 1 aromatic carbocycles. The third kappa shape index (κ3) is 4.14. The van der Waals surface area contributed by atoms with Crippen LogP contribution < -0.4 is 10.0 Å². The maximum absolute atomic E-state index is 11.3. The number of amides is 2. The fraction of sp³-hybridized carbons (Fsp3) is 0. The first-order chi connectivity index (χ1) is 7.53. The van der Waals surface area contributed by atoms with E-state index >= 15 is 0 Å². The number of nitrogens with one attached hydrogen (secondary N) is 2. The summed E-state index contributed by atoms with van der Waals surface area (Å²) in [5.41, 5.74) is 0.494. The molecular formula is C8H9BN2O4S. The average Bonchev–Trinajstić information content (AvgIpc) is 2.17. The monoisotopic (exact) mass is 240 g/mol. The third-order valence-electron chi connectivity index (χ3n) is 1.61. The summed E-state index contributed by atoms with van der Waals surface area (Å²) in [6.45, 7) is -0.791. The van der Waals surface area contributed by atoms with E-state index in [1.807, 2.05) is 0 Å². The highest BCUT2D eigenvalue weighted by molar-refractivity contribution is 8.16. The number of hydrogen-bond acceptors (Lipinski definition) is 4. The van der Waals surface area contributed by atoms with Crippen molar-refractivity contribution in [2.24, 2.45) is 0 Å². The highest BCUT2D eigenvalue weighted by atomic mass is 32.2. The lowest BCUT2D eigenvalue weighted by Gasteiger charge is -2.03. The number of anilines is 1. The summed E-state index contributed by atoms with van der Waals surface area (Å²) >= 11 is 0. The van der Waals surface area contributed by atoms with Gasteiger partial charge in [0.15, 0.2) is 15.7 Å². The van der Waals surface area contributed by atoms with Crippen molar-refractivity contribution in [3.8, 4) is 0 Å². The normalized spacial score (nSPS) is 10.2. The van der Waals surface area contributed by atoms with E-state index in [2.05, 4.69) is 5.32 Å². The molecule has 8 heteroatoms. The summed E-state index contributed by atoms with van der Waals surface area (Å²) in [5.74, 6) is -0.708. The quantitative estimate of drug-likeness (QED) is 0.543. The Hall–Kier alpha value is -1.83. The van der Waals surface area contributed by atoms with Gasteiger partial charge in [0.05, 0.1) is 0 Å². The van der Waals surface area contributed by atoms with Gasteiger partial charge in [-0.1, -0.05) is 18.2 Å². The van der Waals surface area contributed by atoms with Gasteiger partial charge < -0.3 is 5.32 Å². The molecule has 0 saturated carbocycles. The van der Waals surface area contributed by atoms with Crippen LogP contribution in [-0.4, -0.2) is 27.2 Å². The second-order valence-corrected chi connectivity index (χ2v) is 4.66. The molecule has 0 bridgehead atoms. The van der Waals surface area contributed by atoms with Crippen LogP contribution in [0.15, 0.2) is 30.3 Å². The number of rotatable bonds is 5. The Labute approximate surface area is 93.2 Å². The Bertz CT molecular complexity index is 474. The van der Waals surface area contributed by atoms with Gasteiger partial charge in [-0.15, -0.1) is 0 Å². The number of benzene rings is 1. The molecule has 0 unspecified atom stereocenters. The number of para-hydroxylation sites is 1. The predicted octanol–water partition coefficient (Wildman–Crippen LogP) is -0.354. The molecule has 0 radical (unpaired) electrons. The first-order valence-corrected chi connectivity index (χ1v) is 5.97. The summed E-state index contributed by atoms with van der Waals surface area (Å²) in [5, 5.41) is 2.38. The molecule has 1 aromatic rings. The van der Waals surface area contributed by atoms with E-state index in [1.165, 1.54) is 0 Å². The molecule has 2 amide bonds. The Morgan fingerprint density at radius 2 is 1.88 bits per heavy atom. The highest BCUT2D eigenvalue weighted by Gasteiger charge is 2.19. The van der Waals surface area contributed by atoms with Gasteiger partial charge in [-0.2, -0.15) is 0 Å². The molecule has 0 saturated heterocycles. The number of carbonyl (C=O) groups is 2. The van der Waals surface area contributed by atoms with Crippen LogP contribution in [0.5, 0.6) is 0 Å². The summed E-state index contributed by atoms with van der Waals surface area (Å²) in [6, 6.07) is 8.41. The molecule has 6 nitrogen and oxygen atoms in total. The molecule has 0 fully saturated rings. The standard InChI is InChI=1S/C8H9BN2O4S/c12-6-10-16(14,15)9-8(13)11-7-4-2-1-3-5-7/h1-6,9H,(H,10,12)(H,11,13). The topological polar surface area (TPSA) is 92.3 Å². The van der Waals surface area contributed by atoms with Gasteiger partial charge >= 0.3 is 6.56 Å². The zero-order valence-electron chi connectivity index (χ0n) is 8.21. The Morgan fingerprint density at radius 3 is 2.44 bits per heavy atom. The number of carbonyl (C=O) groups excluding carboxylic acids is 2. The summed E-state index contributed by atoms with van der Waals surface area (Å²) in [4.78, 5) is 21.2. The fourth-order valence-corrected chi connectivity index (χ4v) is 1.65. The van der Waals surface area contributed by atoms with Gasteiger partial charge in [0, 0.05) is 5.69 Å². The fourth-order valence-electron chi connectivity index (χ4n) is 1.01. The van der Waals surface area contributed by atoms with E-state index in [9.17, 15) is 18.0 Å². The SMILES string of the molecule is O=CNS(=O)(=O)BC(=O)Nc1ccccc1. The molecule has 1 rings (SSSR count). The van der Waals surface area contributed by atoms with Crippen molar-refractivity contribution in [2.45, 2.75) is 0 Å². The predicted molar refractivity (Wildman–Crippen MR) is 60.7 cm³/mol. The van der Waals surface area contributed by atoms with Crippen molar-refractivity contribution in [2.75, 3.05) is 5.32 Å². The molecule has 0 aromatic heterocycles. The lowest BCUT2D eigenvalue weighted by molar-refractivity contribution is -0.108. The van der Waals surface area contributed by atoms with Crippen molar-refractivity contribution < 1.29 is 18.0 Å². The average molecular weight is 240 g/mol. The zero-order valence-corrected chi connectivity index (χ0v) is 9.03.